The van der Waals surface area contributed by atoms with Gasteiger partial charge in [0.15, 0.2) is 16.6 Å². The summed E-state index contributed by atoms with van der Waals surface area (Å²) in [6.45, 7) is 4.80. The number of carbonyl (C=O) groups is 1. The molecule has 0 aliphatic heterocycles. The fourth-order valence-corrected chi connectivity index (χ4v) is 2.30. The van der Waals surface area contributed by atoms with Crippen molar-refractivity contribution in [2.45, 2.75) is 13.8 Å². The lowest BCUT2D eigenvalue weighted by atomic mass is 10.2. The molecule has 0 spiro atoms. The maximum absolute atomic E-state index is 11.8. The average Bonchev–Trinajstić information content (AvgIpc) is 3.04. The molecule has 2 aromatic rings. The van der Waals surface area contributed by atoms with E-state index in [9.17, 15) is 4.79 Å². The summed E-state index contributed by atoms with van der Waals surface area (Å²) in [6.07, 6.45) is 4.83. The van der Waals surface area contributed by atoms with Crippen LogP contribution in [0.25, 0.3) is 6.08 Å². The number of nitrogens with zero attached hydrogens (tertiary/aromatic N) is 1. The Kier molecular flexibility index (Phi) is 6.17. The Morgan fingerprint density at radius 1 is 1.39 bits per heavy atom. The largest absolute Gasteiger partial charge is 0.493 e. The number of thiazole rings is 1. The Balaban J connectivity index is 2.02. The topological polar surface area (TPSA) is 60.5 Å². The molecule has 0 unspecified atom stereocenters. The third kappa shape index (κ3) is 5.41. The molecule has 2 rings (SSSR count). The zero-order chi connectivity index (χ0) is 16.7. The first-order chi connectivity index (χ1) is 11.1. The summed E-state index contributed by atoms with van der Waals surface area (Å²) >= 11 is 1.38. The number of rotatable bonds is 7. The second kappa shape index (κ2) is 8.33. The monoisotopic (exact) mass is 332 g/mol. The maximum Gasteiger partial charge on any atom is 0.250 e. The molecule has 1 amide bonds. The van der Waals surface area contributed by atoms with Crippen LogP contribution >= 0.6 is 11.3 Å². The molecule has 1 N–H and O–H groups in total. The van der Waals surface area contributed by atoms with Gasteiger partial charge in [-0.05, 0) is 29.7 Å². The van der Waals surface area contributed by atoms with Crippen molar-refractivity contribution in [3.8, 4) is 11.5 Å². The Morgan fingerprint density at radius 3 is 2.87 bits per heavy atom. The van der Waals surface area contributed by atoms with E-state index in [0.29, 0.717) is 29.2 Å². The van der Waals surface area contributed by atoms with Crippen LogP contribution in [0.1, 0.15) is 19.4 Å². The van der Waals surface area contributed by atoms with E-state index in [2.05, 4.69) is 24.1 Å². The van der Waals surface area contributed by atoms with Crippen LogP contribution in [0.5, 0.6) is 11.5 Å². The van der Waals surface area contributed by atoms with Crippen LogP contribution in [-0.4, -0.2) is 24.6 Å². The van der Waals surface area contributed by atoms with Crippen LogP contribution < -0.4 is 14.8 Å². The molecular formula is C17H20N2O3S. The van der Waals surface area contributed by atoms with Gasteiger partial charge < -0.3 is 9.47 Å². The smallest absolute Gasteiger partial charge is 0.250 e. The van der Waals surface area contributed by atoms with E-state index < -0.39 is 0 Å². The Bertz CT molecular complexity index is 666. The summed E-state index contributed by atoms with van der Waals surface area (Å²) in [4.78, 5) is 15.8. The number of benzene rings is 1. The van der Waals surface area contributed by atoms with E-state index in [-0.39, 0.29) is 5.91 Å². The average molecular weight is 332 g/mol. The maximum atomic E-state index is 11.8. The van der Waals surface area contributed by atoms with Gasteiger partial charge >= 0.3 is 0 Å². The summed E-state index contributed by atoms with van der Waals surface area (Å²) in [6, 6.07) is 5.56. The summed E-state index contributed by atoms with van der Waals surface area (Å²) < 4.78 is 11.0. The molecule has 0 saturated carbocycles. The van der Waals surface area contributed by atoms with Crippen molar-refractivity contribution in [1.82, 2.24) is 4.98 Å². The molecule has 0 fully saturated rings. The molecule has 0 bridgehead atoms. The van der Waals surface area contributed by atoms with Crippen molar-refractivity contribution in [2.24, 2.45) is 5.92 Å². The SMILES string of the molecule is COc1cc(/C=C/C(=O)Nc2nccs2)ccc1OCC(C)C. The lowest BCUT2D eigenvalue weighted by molar-refractivity contribution is -0.111. The number of amides is 1. The van der Waals surface area contributed by atoms with Gasteiger partial charge in [-0.1, -0.05) is 19.9 Å². The van der Waals surface area contributed by atoms with Crippen LogP contribution in [0.4, 0.5) is 5.13 Å². The predicted octanol–water partition coefficient (Wildman–Crippen LogP) is 3.84. The summed E-state index contributed by atoms with van der Waals surface area (Å²) in [5.41, 5.74) is 0.855. The van der Waals surface area contributed by atoms with Crippen LogP contribution in [-0.2, 0) is 4.79 Å². The van der Waals surface area contributed by atoms with E-state index >= 15 is 0 Å². The second-order valence-electron chi connectivity index (χ2n) is 5.27. The normalized spacial score (nSPS) is 11.0. The number of aromatic nitrogens is 1. The minimum absolute atomic E-state index is 0.223. The molecule has 6 heteroatoms. The highest BCUT2D eigenvalue weighted by Crippen LogP contribution is 2.29. The number of anilines is 1. The van der Waals surface area contributed by atoms with Gasteiger partial charge in [0.05, 0.1) is 13.7 Å². The van der Waals surface area contributed by atoms with E-state index in [0.717, 1.165) is 5.56 Å². The van der Waals surface area contributed by atoms with E-state index in [1.807, 2.05) is 18.2 Å². The summed E-state index contributed by atoms with van der Waals surface area (Å²) in [7, 11) is 1.60. The number of methoxy groups -OCH3 is 1. The number of hydrogen-bond acceptors (Lipinski definition) is 5. The molecule has 0 atom stereocenters. The quantitative estimate of drug-likeness (QED) is 0.783. The molecule has 122 valence electrons. The first-order valence-electron chi connectivity index (χ1n) is 7.28. The Labute approximate surface area is 140 Å². The van der Waals surface area contributed by atoms with E-state index in [4.69, 9.17) is 9.47 Å². The molecule has 0 saturated heterocycles. The third-order valence-electron chi connectivity index (χ3n) is 2.85. The lowest BCUT2D eigenvalue weighted by Gasteiger charge is -2.12. The van der Waals surface area contributed by atoms with Gasteiger partial charge in [-0.15, -0.1) is 11.3 Å². The fourth-order valence-electron chi connectivity index (χ4n) is 1.77. The molecule has 1 heterocycles. The van der Waals surface area contributed by atoms with Crippen LogP contribution in [0.15, 0.2) is 35.9 Å². The molecular weight excluding hydrogens is 312 g/mol. The molecule has 1 aromatic heterocycles. The number of hydrogen-bond donors (Lipinski definition) is 1. The van der Waals surface area contributed by atoms with Gasteiger partial charge in [0.25, 0.3) is 0 Å². The van der Waals surface area contributed by atoms with Crippen LogP contribution in [0, 0.1) is 5.92 Å². The first kappa shape index (κ1) is 17.0. The van der Waals surface area contributed by atoms with Crippen molar-refractivity contribution in [1.29, 1.82) is 0 Å². The number of carbonyl (C=O) groups excluding carboxylic acids is 1. The van der Waals surface area contributed by atoms with Gasteiger partial charge in [0, 0.05) is 17.7 Å². The van der Waals surface area contributed by atoms with Gasteiger partial charge in [-0.2, -0.15) is 0 Å². The second-order valence-corrected chi connectivity index (χ2v) is 6.17. The molecule has 5 nitrogen and oxygen atoms in total. The lowest BCUT2D eigenvalue weighted by Crippen LogP contribution is -2.07. The summed E-state index contributed by atoms with van der Waals surface area (Å²) in [5, 5.41) is 5.07. The highest BCUT2D eigenvalue weighted by atomic mass is 32.1. The fraction of sp³-hybridized carbons (Fsp3) is 0.294. The van der Waals surface area contributed by atoms with Crippen molar-refractivity contribution >= 4 is 28.5 Å². The van der Waals surface area contributed by atoms with E-state index in [1.54, 1.807) is 24.8 Å². The van der Waals surface area contributed by atoms with Crippen molar-refractivity contribution in [3.63, 3.8) is 0 Å². The standard InChI is InChI=1S/C17H20N2O3S/c1-12(2)11-22-14-6-4-13(10-15(14)21-3)5-7-16(20)19-17-18-8-9-23-17/h4-10,12H,11H2,1-3H3,(H,18,19,20)/b7-5+. The van der Waals surface area contributed by atoms with Gasteiger partial charge in [-0.25, -0.2) is 4.98 Å². The minimum atomic E-state index is -0.223. The first-order valence-corrected chi connectivity index (χ1v) is 8.16. The highest BCUT2D eigenvalue weighted by Gasteiger charge is 2.06. The molecule has 0 aliphatic rings. The third-order valence-corrected chi connectivity index (χ3v) is 3.54. The van der Waals surface area contributed by atoms with Gasteiger partial charge in [0.1, 0.15) is 0 Å². The number of ether oxygens (including phenoxy) is 2. The Morgan fingerprint density at radius 2 is 2.22 bits per heavy atom. The summed E-state index contributed by atoms with van der Waals surface area (Å²) in [5.74, 6) is 1.56. The van der Waals surface area contributed by atoms with Crippen LogP contribution in [0.3, 0.4) is 0 Å². The van der Waals surface area contributed by atoms with Crippen molar-refractivity contribution < 1.29 is 14.3 Å². The van der Waals surface area contributed by atoms with Crippen LogP contribution in [0.2, 0.25) is 0 Å². The number of nitrogens with one attached hydrogen (secondary N) is 1. The predicted molar refractivity (Wildman–Crippen MR) is 93.1 cm³/mol. The zero-order valence-electron chi connectivity index (χ0n) is 13.4. The van der Waals surface area contributed by atoms with Crippen molar-refractivity contribution in [2.75, 3.05) is 19.0 Å². The van der Waals surface area contributed by atoms with Gasteiger partial charge in [-0.3, -0.25) is 10.1 Å². The molecule has 23 heavy (non-hydrogen) atoms. The minimum Gasteiger partial charge on any atom is -0.493 e. The highest BCUT2D eigenvalue weighted by molar-refractivity contribution is 7.13. The molecule has 1 aromatic carbocycles. The molecule has 0 radical (unpaired) electrons. The van der Waals surface area contributed by atoms with Crippen molar-refractivity contribution in [3.05, 3.63) is 41.4 Å². The van der Waals surface area contributed by atoms with Gasteiger partial charge in [0.2, 0.25) is 5.91 Å². The van der Waals surface area contributed by atoms with E-state index in [1.165, 1.54) is 17.4 Å². The Hall–Kier alpha value is -2.34. The molecule has 0 aliphatic carbocycles. The zero-order valence-corrected chi connectivity index (χ0v) is 14.2.